The zero-order chi connectivity index (χ0) is 12.1. The number of aliphatic hydroxyl groups excluding tert-OH is 1. The molecule has 0 fully saturated rings. The minimum absolute atomic E-state index is 0.361. The van der Waals surface area contributed by atoms with Crippen LogP contribution >= 0.6 is 0 Å². The number of hydrogen-bond donors (Lipinski definition) is 2. The van der Waals surface area contributed by atoms with Gasteiger partial charge in [0.25, 0.3) is 0 Å². The topological polar surface area (TPSA) is 74.6 Å². The maximum atomic E-state index is 10.6. The lowest BCUT2D eigenvalue weighted by Crippen LogP contribution is -2.10. The van der Waals surface area contributed by atoms with E-state index in [0.717, 1.165) is 17.4 Å². The number of aliphatic hydroxyl groups is 1. The van der Waals surface area contributed by atoms with Gasteiger partial charge in [-0.3, -0.25) is 0 Å². The molecule has 0 aliphatic heterocycles. The van der Waals surface area contributed by atoms with E-state index < -0.39 is 12.1 Å². The van der Waals surface area contributed by atoms with Gasteiger partial charge in [0.1, 0.15) is 6.29 Å². The maximum absolute atomic E-state index is 10.6. The van der Waals surface area contributed by atoms with Crippen LogP contribution in [0.2, 0.25) is 0 Å². The lowest BCUT2D eigenvalue weighted by Gasteiger charge is -2.09. The molecule has 86 valence electrons. The third-order valence-corrected chi connectivity index (χ3v) is 2.45. The fraction of sp³-hybridized carbons (Fsp3) is 0.333. The van der Waals surface area contributed by atoms with Crippen molar-refractivity contribution in [2.75, 3.05) is 0 Å². The molecule has 0 heterocycles. The highest BCUT2D eigenvalue weighted by molar-refractivity contribution is 5.74. The summed E-state index contributed by atoms with van der Waals surface area (Å²) in [6.07, 6.45) is 0.443. The number of aliphatic carboxylic acids is 1. The van der Waals surface area contributed by atoms with Crippen molar-refractivity contribution in [2.45, 2.75) is 25.9 Å². The van der Waals surface area contributed by atoms with Crippen molar-refractivity contribution in [1.29, 1.82) is 0 Å². The predicted molar refractivity (Wildman–Crippen MR) is 58.2 cm³/mol. The van der Waals surface area contributed by atoms with Gasteiger partial charge in [0.2, 0.25) is 0 Å². The number of aldehydes is 1. The van der Waals surface area contributed by atoms with Crippen molar-refractivity contribution in [3.8, 4) is 0 Å². The molecule has 0 saturated heterocycles. The summed E-state index contributed by atoms with van der Waals surface area (Å²) in [5, 5.41) is 18.0. The Kier molecular flexibility index (Phi) is 4.19. The van der Waals surface area contributed by atoms with Gasteiger partial charge in [-0.1, -0.05) is 18.2 Å². The van der Waals surface area contributed by atoms with E-state index in [2.05, 4.69) is 0 Å². The van der Waals surface area contributed by atoms with Gasteiger partial charge < -0.3 is 15.0 Å². The van der Waals surface area contributed by atoms with E-state index in [-0.39, 0.29) is 0 Å². The summed E-state index contributed by atoms with van der Waals surface area (Å²) < 4.78 is 0. The Morgan fingerprint density at radius 2 is 2.19 bits per heavy atom. The van der Waals surface area contributed by atoms with Crippen LogP contribution in [0.15, 0.2) is 18.2 Å². The van der Waals surface area contributed by atoms with E-state index in [0.29, 0.717) is 18.4 Å². The number of rotatable bonds is 5. The first-order valence-electron chi connectivity index (χ1n) is 5.00. The normalized spacial score (nSPS) is 12.1. The van der Waals surface area contributed by atoms with Crippen molar-refractivity contribution in [3.05, 3.63) is 34.9 Å². The lowest BCUT2D eigenvalue weighted by atomic mass is 9.99. The van der Waals surface area contributed by atoms with Crippen LogP contribution in [-0.2, 0) is 16.0 Å². The smallest absolute Gasteiger partial charge is 0.337 e. The zero-order valence-corrected chi connectivity index (χ0v) is 9.01. The van der Waals surface area contributed by atoms with E-state index >= 15 is 0 Å². The summed E-state index contributed by atoms with van der Waals surface area (Å²) in [6, 6.07) is 4.96. The molecule has 1 unspecified atom stereocenters. The highest BCUT2D eigenvalue weighted by Crippen LogP contribution is 2.18. The number of carbonyl (C=O) groups excluding carboxylic acids is 1. The standard InChI is InChI=1S/C12H14O4/c1-8-7-10(11(14)12(15)16)5-4-9(8)3-2-6-13/h4-7,11,14H,2-3H2,1H3,(H,15,16). The molecule has 1 aromatic rings. The van der Waals surface area contributed by atoms with Crippen LogP contribution in [0.1, 0.15) is 29.2 Å². The second kappa shape index (κ2) is 5.42. The number of carboxylic acids is 1. The fourth-order valence-electron chi connectivity index (χ4n) is 1.53. The molecule has 4 heteroatoms. The monoisotopic (exact) mass is 222 g/mol. The van der Waals surface area contributed by atoms with E-state index in [9.17, 15) is 14.7 Å². The Hall–Kier alpha value is -1.68. The molecule has 0 saturated carbocycles. The van der Waals surface area contributed by atoms with Crippen LogP contribution in [0.5, 0.6) is 0 Å². The average Bonchev–Trinajstić information content (AvgIpc) is 2.26. The Morgan fingerprint density at radius 3 is 2.69 bits per heavy atom. The molecule has 1 atom stereocenters. The van der Waals surface area contributed by atoms with Crippen molar-refractivity contribution in [1.82, 2.24) is 0 Å². The minimum Gasteiger partial charge on any atom is -0.479 e. The molecular weight excluding hydrogens is 208 g/mol. The van der Waals surface area contributed by atoms with E-state index in [1.54, 1.807) is 18.2 Å². The molecule has 0 radical (unpaired) electrons. The fourth-order valence-corrected chi connectivity index (χ4v) is 1.53. The summed E-state index contributed by atoms with van der Waals surface area (Å²) in [7, 11) is 0. The number of aryl methyl sites for hydroxylation is 2. The minimum atomic E-state index is -1.49. The maximum Gasteiger partial charge on any atom is 0.337 e. The SMILES string of the molecule is Cc1cc(C(O)C(=O)O)ccc1CCC=O. The van der Waals surface area contributed by atoms with Crippen LogP contribution in [0.25, 0.3) is 0 Å². The van der Waals surface area contributed by atoms with Gasteiger partial charge in [0, 0.05) is 6.42 Å². The summed E-state index contributed by atoms with van der Waals surface area (Å²) >= 11 is 0. The second-order valence-corrected chi connectivity index (χ2v) is 3.63. The van der Waals surface area contributed by atoms with Crippen LogP contribution in [0.3, 0.4) is 0 Å². The van der Waals surface area contributed by atoms with Crippen LogP contribution in [-0.4, -0.2) is 22.5 Å². The molecule has 2 N–H and O–H groups in total. The Balaban J connectivity index is 2.90. The first kappa shape index (κ1) is 12.4. The third kappa shape index (κ3) is 2.90. The van der Waals surface area contributed by atoms with Crippen molar-refractivity contribution in [3.63, 3.8) is 0 Å². The van der Waals surface area contributed by atoms with E-state index in [1.165, 1.54) is 0 Å². The average molecular weight is 222 g/mol. The molecule has 1 rings (SSSR count). The molecule has 4 nitrogen and oxygen atoms in total. The number of benzene rings is 1. The van der Waals surface area contributed by atoms with Gasteiger partial charge in [-0.05, 0) is 30.0 Å². The van der Waals surface area contributed by atoms with Gasteiger partial charge in [0.05, 0.1) is 0 Å². The molecule has 0 aliphatic carbocycles. The summed E-state index contributed by atoms with van der Waals surface area (Å²) in [6.45, 7) is 1.83. The molecule has 0 bridgehead atoms. The largest absolute Gasteiger partial charge is 0.479 e. The quantitative estimate of drug-likeness (QED) is 0.735. The molecule has 1 aromatic carbocycles. The predicted octanol–water partition coefficient (Wildman–Crippen LogP) is 1.24. The summed E-state index contributed by atoms with van der Waals surface area (Å²) in [5.74, 6) is -1.26. The highest BCUT2D eigenvalue weighted by Gasteiger charge is 2.16. The van der Waals surface area contributed by atoms with Crippen molar-refractivity contribution in [2.24, 2.45) is 0 Å². The Bertz CT molecular complexity index is 398. The van der Waals surface area contributed by atoms with Gasteiger partial charge in [0.15, 0.2) is 6.10 Å². The third-order valence-electron chi connectivity index (χ3n) is 2.45. The lowest BCUT2D eigenvalue weighted by molar-refractivity contribution is -0.146. The molecule has 0 aliphatic rings. The molecule has 0 spiro atoms. The van der Waals surface area contributed by atoms with Gasteiger partial charge in [-0.15, -0.1) is 0 Å². The van der Waals surface area contributed by atoms with Crippen LogP contribution < -0.4 is 0 Å². The second-order valence-electron chi connectivity index (χ2n) is 3.63. The molecule has 16 heavy (non-hydrogen) atoms. The van der Waals surface area contributed by atoms with Gasteiger partial charge in [-0.25, -0.2) is 4.79 Å². The van der Waals surface area contributed by atoms with Gasteiger partial charge in [-0.2, -0.15) is 0 Å². The molecular formula is C12H14O4. The first-order chi connectivity index (χ1) is 7.56. The number of carbonyl (C=O) groups is 2. The highest BCUT2D eigenvalue weighted by atomic mass is 16.4. The molecule has 0 aromatic heterocycles. The molecule has 0 amide bonds. The Morgan fingerprint density at radius 1 is 1.50 bits per heavy atom. The number of hydrogen-bond acceptors (Lipinski definition) is 3. The van der Waals surface area contributed by atoms with Crippen LogP contribution in [0, 0.1) is 6.92 Å². The Labute approximate surface area is 93.5 Å². The van der Waals surface area contributed by atoms with Crippen molar-refractivity contribution >= 4 is 12.3 Å². The van der Waals surface area contributed by atoms with E-state index in [1.807, 2.05) is 6.92 Å². The zero-order valence-electron chi connectivity index (χ0n) is 9.01. The summed E-state index contributed by atoms with van der Waals surface area (Å²) in [5.41, 5.74) is 2.24. The summed E-state index contributed by atoms with van der Waals surface area (Å²) in [4.78, 5) is 20.8. The first-order valence-corrected chi connectivity index (χ1v) is 5.00. The van der Waals surface area contributed by atoms with Crippen molar-refractivity contribution < 1.29 is 19.8 Å². The number of carboxylic acid groups (broad SMARTS) is 1. The van der Waals surface area contributed by atoms with E-state index in [4.69, 9.17) is 5.11 Å². The van der Waals surface area contributed by atoms with Crippen LogP contribution in [0.4, 0.5) is 0 Å². The van der Waals surface area contributed by atoms with Gasteiger partial charge >= 0.3 is 5.97 Å².